The molecule has 1 atom stereocenters. The molecule has 1 aliphatic heterocycles. The number of sulfonamides is 1. The highest BCUT2D eigenvalue weighted by molar-refractivity contribution is 7.89. The molecule has 20 heavy (non-hydrogen) atoms. The molecule has 6 heteroatoms. The van der Waals surface area contributed by atoms with Crippen molar-refractivity contribution in [2.75, 3.05) is 13.1 Å². The fourth-order valence-corrected chi connectivity index (χ4v) is 6.03. The van der Waals surface area contributed by atoms with Gasteiger partial charge in [-0.05, 0) is 18.4 Å². The number of thiophene rings is 1. The van der Waals surface area contributed by atoms with Gasteiger partial charge in [0.15, 0.2) is 0 Å². The first kappa shape index (κ1) is 14.0. The van der Waals surface area contributed by atoms with Crippen LogP contribution in [-0.2, 0) is 16.6 Å². The maximum absolute atomic E-state index is 12.9. The van der Waals surface area contributed by atoms with Crippen LogP contribution in [0.15, 0.2) is 29.2 Å². The number of fused-ring (bicyclic) bond motifs is 1. The molecule has 1 aromatic heterocycles. The van der Waals surface area contributed by atoms with E-state index in [9.17, 15) is 13.5 Å². The summed E-state index contributed by atoms with van der Waals surface area (Å²) in [7, 11) is -3.51. The van der Waals surface area contributed by atoms with Crippen molar-refractivity contribution < 1.29 is 13.5 Å². The summed E-state index contributed by atoms with van der Waals surface area (Å²) < 4.78 is 28.2. The highest BCUT2D eigenvalue weighted by atomic mass is 32.2. The maximum Gasteiger partial charge on any atom is 0.244 e. The molecule has 2 aromatic rings. The molecule has 1 saturated heterocycles. The first-order valence-electron chi connectivity index (χ1n) is 6.65. The topological polar surface area (TPSA) is 57.6 Å². The second-order valence-corrected chi connectivity index (χ2v) is 8.28. The van der Waals surface area contributed by atoms with E-state index >= 15 is 0 Å². The lowest BCUT2D eigenvalue weighted by Gasteiger charge is -2.16. The standard InChI is InChI=1S/C14H17NO3S2/c1-10-6-7-15(8-10)20(17,18)14-11-4-2-3-5-12(11)19-13(14)9-16/h2-5,10,16H,6-9H2,1H3. The van der Waals surface area contributed by atoms with Crippen molar-refractivity contribution in [1.82, 2.24) is 4.31 Å². The third kappa shape index (κ3) is 2.16. The van der Waals surface area contributed by atoms with E-state index in [0.29, 0.717) is 28.8 Å². The van der Waals surface area contributed by atoms with Crippen molar-refractivity contribution in [1.29, 1.82) is 0 Å². The van der Waals surface area contributed by atoms with E-state index in [-0.39, 0.29) is 6.61 Å². The molecule has 4 nitrogen and oxygen atoms in total. The Morgan fingerprint density at radius 2 is 2.15 bits per heavy atom. The molecular weight excluding hydrogens is 294 g/mol. The predicted molar refractivity (Wildman–Crippen MR) is 80.3 cm³/mol. The second-order valence-electron chi connectivity index (χ2n) is 5.27. The Hall–Kier alpha value is -0.950. The second kappa shape index (κ2) is 5.11. The van der Waals surface area contributed by atoms with Gasteiger partial charge in [-0.1, -0.05) is 25.1 Å². The number of hydrogen-bond acceptors (Lipinski definition) is 4. The Kier molecular flexibility index (Phi) is 3.58. The summed E-state index contributed by atoms with van der Waals surface area (Å²) in [6.07, 6.45) is 0.899. The molecule has 1 fully saturated rings. The lowest BCUT2D eigenvalue weighted by atomic mass is 10.2. The fraction of sp³-hybridized carbons (Fsp3) is 0.429. The van der Waals surface area contributed by atoms with Crippen LogP contribution in [0.25, 0.3) is 10.1 Å². The Balaban J connectivity index is 2.17. The average molecular weight is 311 g/mol. The molecule has 108 valence electrons. The van der Waals surface area contributed by atoms with E-state index < -0.39 is 10.0 Å². The maximum atomic E-state index is 12.9. The lowest BCUT2D eigenvalue weighted by Crippen LogP contribution is -2.29. The summed E-state index contributed by atoms with van der Waals surface area (Å²) in [4.78, 5) is 0.834. The molecular formula is C14H17NO3S2. The summed E-state index contributed by atoms with van der Waals surface area (Å²) in [5.74, 6) is 0.396. The number of benzene rings is 1. The smallest absolute Gasteiger partial charge is 0.244 e. The van der Waals surface area contributed by atoms with Gasteiger partial charge < -0.3 is 5.11 Å². The zero-order chi connectivity index (χ0) is 14.3. The minimum atomic E-state index is -3.51. The molecule has 3 rings (SSSR count). The SMILES string of the molecule is CC1CCN(S(=O)(=O)c2c(CO)sc3ccccc23)C1. The van der Waals surface area contributed by atoms with Gasteiger partial charge in [-0.3, -0.25) is 0 Å². The molecule has 0 saturated carbocycles. The Morgan fingerprint density at radius 3 is 2.80 bits per heavy atom. The zero-order valence-corrected chi connectivity index (χ0v) is 12.9. The molecule has 0 aliphatic carbocycles. The highest BCUT2D eigenvalue weighted by Gasteiger charge is 2.34. The van der Waals surface area contributed by atoms with Crippen molar-refractivity contribution in [3.05, 3.63) is 29.1 Å². The fourth-order valence-electron chi connectivity index (χ4n) is 2.70. The Morgan fingerprint density at radius 1 is 1.40 bits per heavy atom. The number of aliphatic hydroxyl groups excluding tert-OH is 1. The van der Waals surface area contributed by atoms with Crippen molar-refractivity contribution in [3.63, 3.8) is 0 Å². The summed E-state index contributed by atoms with van der Waals surface area (Å²) in [6, 6.07) is 7.43. The van der Waals surface area contributed by atoms with Crippen molar-refractivity contribution in [2.45, 2.75) is 24.8 Å². The summed E-state index contributed by atoms with van der Waals surface area (Å²) in [6.45, 7) is 2.96. The van der Waals surface area contributed by atoms with Gasteiger partial charge in [-0.25, -0.2) is 8.42 Å². The average Bonchev–Trinajstić information content (AvgIpc) is 3.02. The van der Waals surface area contributed by atoms with Crippen LogP contribution in [0.4, 0.5) is 0 Å². The van der Waals surface area contributed by atoms with E-state index in [4.69, 9.17) is 0 Å². The first-order chi connectivity index (χ1) is 9.54. The normalized spacial score (nSPS) is 20.8. The van der Waals surface area contributed by atoms with Crippen LogP contribution in [0.5, 0.6) is 0 Å². The third-order valence-corrected chi connectivity index (χ3v) is 7.02. The minimum Gasteiger partial charge on any atom is -0.391 e. The van der Waals surface area contributed by atoms with Crippen LogP contribution in [-0.4, -0.2) is 30.9 Å². The van der Waals surface area contributed by atoms with Crippen LogP contribution >= 0.6 is 11.3 Å². The molecule has 1 N–H and O–H groups in total. The lowest BCUT2D eigenvalue weighted by molar-refractivity contribution is 0.282. The van der Waals surface area contributed by atoms with Crippen molar-refractivity contribution >= 4 is 31.4 Å². The molecule has 1 aliphatic rings. The molecule has 1 unspecified atom stereocenters. The van der Waals surface area contributed by atoms with Gasteiger partial charge in [0.1, 0.15) is 4.90 Å². The van der Waals surface area contributed by atoms with Gasteiger partial charge in [-0.2, -0.15) is 4.31 Å². The monoisotopic (exact) mass is 311 g/mol. The minimum absolute atomic E-state index is 0.239. The molecule has 0 amide bonds. The number of rotatable bonds is 3. The largest absolute Gasteiger partial charge is 0.391 e. The number of nitrogens with zero attached hydrogens (tertiary/aromatic N) is 1. The molecule has 0 radical (unpaired) electrons. The van der Waals surface area contributed by atoms with Gasteiger partial charge in [0, 0.05) is 23.2 Å². The highest BCUT2D eigenvalue weighted by Crippen LogP contribution is 2.37. The number of aliphatic hydroxyl groups is 1. The van der Waals surface area contributed by atoms with Crippen LogP contribution in [0.1, 0.15) is 18.2 Å². The van der Waals surface area contributed by atoms with Crippen molar-refractivity contribution in [2.24, 2.45) is 5.92 Å². The Labute approximate surface area is 122 Å². The molecule has 2 heterocycles. The van der Waals surface area contributed by atoms with Gasteiger partial charge in [0.2, 0.25) is 10.0 Å². The van der Waals surface area contributed by atoms with Gasteiger partial charge in [0.25, 0.3) is 0 Å². The third-order valence-electron chi connectivity index (χ3n) is 3.75. The van der Waals surface area contributed by atoms with Crippen LogP contribution in [0.2, 0.25) is 0 Å². The zero-order valence-electron chi connectivity index (χ0n) is 11.2. The van der Waals surface area contributed by atoms with Crippen LogP contribution in [0, 0.1) is 5.92 Å². The first-order valence-corrected chi connectivity index (χ1v) is 8.91. The van der Waals surface area contributed by atoms with Crippen molar-refractivity contribution in [3.8, 4) is 0 Å². The summed E-state index contributed by atoms with van der Waals surface area (Å²) >= 11 is 1.35. The van der Waals surface area contributed by atoms with Crippen LogP contribution in [0.3, 0.4) is 0 Å². The van der Waals surface area contributed by atoms with Gasteiger partial charge in [0.05, 0.1) is 11.5 Å². The van der Waals surface area contributed by atoms with Gasteiger partial charge >= 0.3 is 0 Å². The molecule has 0 bridgehead atoms. The predicted octanol–water partition coefficient (Wildman–Crippen LogP) is 2.42. The summed E-state index contributed by atoms with van der Waals surface area (Å²) in [5, 5.41) is 10.2. The van der Waals surface area contributed by atoms with Crippen LogP contribution < -0.4 is 0 Å². The van der Waals surface area contributed by atoms with E-state index in [0.717, 1.165) is 16.5 Å². The van der Waals surface area contributed by atoms with E-state index in [1.54, 1.807) is 4.31 Å². The van der Waals surface area contributed by atoms with E-state index in [1.807, 2.05) is 24.3 Å². The quantitative estimate of drug-likeness (QED) is 0.947. The molecule has 1 aromatic carbocycles. The number of hydrogen-bond donors (Lipinski definition) is 1. The summed E-state index contributed by atoms with van der Waals surface area (Å²) in [5.41, 5.74) is 0. The Bertz CT molecular complexity index is 736. The van der Waals surface area contributed by atoms with E-state index in [1.165, 1.54) is 11.3 Å². The van der Waals surface area contributed by atoms with Gasteiger partial charge in [-0.15, -0.1) is 11.3 Å². The molecule has 0 spiro atoms. The van der Waals surface area contributed by atoms with E-state index in [2.05, 4.69) is 6.92 Å².